The number of rotatable bonds is 8. The van der Waals surface area contributed by atoms with Crippen LogP contribution in [0.2, 0.25) is 0 Å². The van der Waals surface area contributed by atoms with E-state index in [-0.39, 0.29) is 36.4 Å². The average Bonchev–Trinajstić information content (AvgIpc) is 2.74. The first-order chi connectivity index (χ1) is 14.9. The van der Waals surface area contributed by atoms with E-state index in [9.17, 15) is 14.4 Å². The highest BCUT2D eigenvalue weighted by atomic mass is 16.5. The number of hydrogen-bond acceptors (Lipinski definition) is 4. The Labute approximate surface area is 183 Å². The van der Waals surface area contributed by atoms with E-state index < -0.39 is 5.97 Å². The van der Waals surface area contributed by atoms with Crippen molar-refractivity contribution in [3.05, 3.63) is 42.0 Å². The van der Waals surface area contributed by atoms with Gasteiger partial charge in [-0.3, -0.25) is 14.4 Å². The van der Waals surface area contributed by atoms with Gasteiger partial charge in [-0.05, 0) is 80.3 Å². The molecule has 4 bridgehead atoms. The first kappa shape index (κ1) is 21.6. The van der Waals surface area contributed by atoms with Crippen molar-refractivity contribution in [3.8, 4) is 0 Å². The predicted molar refractivity (Wildman–Crippen MR) is 118 cm³/mol. The molecule has 2 amide bonds. The van der Waals surface area contributed by atoms with Gasteiger partial charge in [-0.25, -0.2) is 0 Å². The third kappa shape index (κ3) is 5.35. The summed E-state index contributed by atoms with van der Waals surface area (Å²) >= 11 is 0. The first-order valence-electron chi connectivity index (χ1n) is 11.4. The topological polar surface area (TPSA) is 84.5 Å². The van der Waals surface area contributed by atoms with Gasteiger partial charge in [-0.1, -0.05) is 30.3 Å². The number of hydrogen-bond donors (Lipinski definition) is 2. The second-order valence-electron chi connectivity index (χ2n) is 9.69. The number of esters is 1. The van der Waals surface area contributed by atoms with Crippen molar-refractivity contribution in [2.45, 2.75) is 51.5 Å². The molecule has 1 aromatic carbocycles. The summed E-state index contributed by atoms with van der Waals surface area (Å²) in [4.78, 5) is 36.1. The lowest BCUT2D eigenvalue weighted by Crippen LogP contribution is -2.56. The number of nitrogens with one attached hydrogen (secondary N) is 2. The minimum Gasteiger partial charge on any atom is -0.454 e. The number of carbonyl (C=O) groups excluding carboxylic acids is 3. The van der Waals surface area contributed by atoms with Gasteiger partial charge < -0.3 is 15.4 Å². The fourth-order valence-electron chi connectivity index (χ4n) is 6.30. The predicted octanol–water partition coefficient (Wildman–Crippen LogP) is 3.08. The lowest BCUT2D eigenvalue weighted by Gasteiger charge is -2.59. The molecule has 4 saturated carbocycles. The molecular formula is C25H32N2O4. The Kier molecular flexibility index (Phi) is 6.44. The summed E-state index contributed by atoms with van der Waals surface area (Å²) in [6.07, 6.45) is 10.8. The van der Waals surface area contributed by atoms with Crippen molar-refractivity contribution in [1.82, 2.24) is 10.6 Å². The Morgan fingerprint density at radius 2 is 1.68 bits per heavy atom. The van der Waals surface area contributed by atoms with Crippen molar-refractivity contribution in [2.24, 2.45) is 23.2 Å². The SMILES string of the molecule is C[C@H](NC(=O)COC(=O)CNC(=O)/C=C/c1ccccc1)C12CC3CC(CC(C3)C1)C2. The van der Waals surface area contributed by atoms with Crippen LogP contribution in [0.5, 0.6) is 0 Å². The van der Waals surface area contributed by atoms with Crippen LogP contribution in [0.1, 0.15) is 51.0 Å². The molecule has 166 valence electrons. The van der Waals surface area contributed by atoms with Crippen molar-refractivity contribution in [1.29, 1.82) is 0 Å². The third-order valence-corrected chi connectivity index (χ3v) is 7.38. The molecule has 6 nitrogen and oxygen atoms in total. The van der Waals surface area contributed by atoms with E-state index in [1.165, 1.54) is 44.6 Å². The highest BCUT2D eigenvalue weighted by molar-refractivity contribution is 5.93. The molecule has 4 fully saturated rings. The molecule has 5 rings (SSSR count). The first-order valence-corrected chi connectivity index (χ1v) is 11.4. The Morgan fingerprint density at radius 3 is 2.29 bits per heavy atom. The highest BCUT2D eigenvalue weighted by Gasteiger charge is 2.53. The maximum Gasteiger partial charge on any atom is 0.325 e. The normalized spacial score (nSPS) is 29.5. The van der Waals surface area contributed by atoms with E-state index in [0.717, 1.165) is 23.3 Å². The second kappa shape index (κ2) is 9.25. The van der Waals surface area contributed by atoms with Crippen molar-refractivity contribution < 1.29 is 19.1 Å². The van der Waals surface area contributed by atoms with E-state index in [4.69, 9.17) is 4.74 Å². The summed E-state index contributed by atoms with van der Waals surface area (Å²) < 4.78 is 5.05. The van der Waals surface area contributed by atoms with E-state index >= 15 is 0 Å². The Morgan fingerprint density at radius 1 is 1.06 bits per heavy atom. The number of benzene rings is 1. The number of amides is 2. The zero-order valence-electron chi connectivity index (χ0n) is 18.1. The van der Waals surface area contributed by atoms with E-state index in [0.29, 0.717) is 0 Å². The zero-order chi connectivity index (χ0) is 21.8. The highest BCUT2D eigenvalue weighted by Crippen LogP contribution is 2.61. The Balaban J connectivity index is 1.16. The van der Waals surface area contributed by atoms with E-state index in [2.05, 4.69) is 17.6 Å². The van der Waals surface area contributed by atoms with Gasteiger partial charge in [0.05, 0.1) is 0 Å². The Bertz CT molecular complexity index is 813. The van der Waals surface area contributed by atoms with Crippen LogP contribution in [-0.2, 0) is 19.1 Å². The smallest absolute Gasteiger partial charge is 0.325 e. The molecule has 6 heteroatoms. The standard InChI is InChI=1S/C25H32N2O4/c1-17(25-12-19-9-20(13-25)11-21(10-19)14-25)27-23(29)16-31-24(30)15-26-22(28)8-7-18-5-3-2-4-6-18/h2-8,17,19-21H,9-16H2,1H3,(H,26,28)(H,27,29)/b8-7+/t17-,19?,20?,21?,25?/m0/s1. The fraction of sp³-hybridized carbons (Fsp3) is 0.560. The molecule has 0 aliphatic heterocycles. The molecule has 4 aliphatic carbocycles. The zero-order valence-corrected chi connectivity index (χ0v) is 18.1. The second-order valence-corrected chi connectivity index (χ2v) is 9.69. The lowest BCUT2D eigenvalue weighted by atomic mass is 9.48. The molecule has 0 spiro atoms. The van der Waals surface area contributed by atoms with Gasteiger partial charge in [0.25, 0.3) is 5.91 Å². The summed E-state index contributed by atoms with van der Waals surface area (Å²) in [6.45, 7) is 1.52. The molecule has 4 aliphatic rings. The molecule has 2 N–H and O–H groups in total. The largest absolute Gasteiger partial charge is 0.454 e. The molecule has 0 aromatic heterocycles. The molecule has 31 heavy (non-hydrogen) atoms. The molecule has 0 unspecified atom stereocenters. The van der Waals surface area contributed by atoms with E-state index in [1.54, 1.807) is 6.08 Å². The minimum absolute atomic E-state index is 0.0925. The van der Waals surface area contributed by atoms with Gasteiger partial charge in [-0.2, -0.15) is 0 Å². The quantitative estimate of drug-likeness (QED) is 0.496. The van der Waals surface area contributed by atoms with Crippen molar-refractivity contribution in [3.63, 3.8) is 0 Å². The maximum absolute atomic E-state index is 12.4. The van der Waals surface area contributed by atoms with Gasteiger partial charge >= 0.3 is 5.97 Å². The summed E-state index contributed by atoms with van der Waals surface area (Å²) in [5, 5.41) is 5.56. The summed E-state index contributed by atoms with van der Waals surface area (Å²) in [7, 11) is 0. The molecule has 0 saturated heterocycles. The lowest BCUT2D eigenvalue weighted by molar-refractivity contribution is -0.149. The average molecular weight is 425 g/mol. The summed E-state index contributed by atoms with van der Waals surface area (Å²) in [6, 6.07) is 9.50. The van der Waals surface area contributed by atoms with Crippen molar-refractivity contribution in [2.75, 3.05) is 13.2 Å². The van der Waals surface area contributed by atoms with Gasteiger partial charge in [0.15, 0.2) is 6.61 Å². The number of ether oxygens (including phenoxy) is 1. The van der Waals surface area contributed by atoms with Crippen LogP contribution in [0.15, 0.2) is 36.4 Å². The van der Waals surface area contributed by atoms with Crippen LogP contribution in [0, 0.1) is 23.2 Å². The van der Waals surface area contributed by atoms with Crippen molar-refractivity contribution >= 4 is 23.9 Å². The van der Waals surface area contributed by atoms with Gasteiger partial charge in [0, 0.05) is 12.1 Å². The summed E-state index contributed by atoms with van der Waals surface area (Å²) in [5.41, 5.74) is 1.11. The van der Waals surface area contributed by atoms with Gasteiger partial charge in [-0.15, -0.1) is 0 Å². The molecular weight excluding hydrogens is 392 g/mol. The maximum atomic E-state index is 12.4. The number of carbonyl (C=O) groups is 3. The molecule has 1 aromatic rings. The van der Waals surface area contributed by atoms with Crippen LogP contribution in [0.25, 0.3) is 6.08 Å². The van der Waals surface area contributed by atoms with E-state index in [1.807, 2.05) is 30.3 Å². The van der Waals surface area contributed by atoms with Gasteiger partial charge in [0.2, 0.25) is 5.91 Å². The van der Waals surface area contributed by atoms with Crippen LogP contribution >= 0.6 is 0 Å². The fourth-order valence-corrected chi connectivity index (χ4v) is 6.30. The van der Waals surface area contributed by atoms with Crippen LogP contribution in [0.3, 0.4) is 0 Å². The Hall–Kier alpha value is -2.63. The van der Waals surface area contributed by atoms with Crippen LogP contribution in [-0.4, -0.2) is 37.0 Å². The van der Waals surface area contributed by atoms with Gasteiger partial charge in [0.1, 0.15) is 6.54 Å². The molecule has 0 radical (unpaired) electrons. The summed E-state index contributed by atoms with van der Waals surface area (Å²) in [5.74, 6) is 1.18. The van der Waals surface area contributed by atoms with Crippen LogP contribution < -0.4 is 10.6 Å². The van der Waals surface area contributed by atoms with Crippen LogP contribution in [0.4, 0.5) is 0 Å². The molecule has 1 atom stereocenters. The third-order valence-electron chi connectivity index (χ3n) is 7.38. The molecule has 0 heterocycles. The minimum atomic E-state index is -0.626. The monoisotopic (exact) mass is 424 g/mol.